The van der Waals surface area contributed by atoms with Crippen molar-refractivity contribution in [2.75, 3.05) is 6.54 Å². The highest BCUT2D eigenvalue weighted by Crippen LogP contribution is 2.19. The highest BCUT2D eigenvalue weighted by Gasteiger charge is 2.26. The van der Waals surface area contributed by atoms with E-state index in [1.165, 1.54) is 12.8 Å². The first-order valence-electron chi connectivity index (χ1n) is 7.09. The van der Waals surface area contributed by atoms with Gasteiger partial charge < -0.3 is 15.4 Å². The number of carbonyl (C=O) groups excluding carboxylic acids is 1. The molecular formula is C15H26N2O2. The summed E-state index contributed by atoms with van der Waals surface area (Å²) in [5.74, 6) is 2.59. The fraction of sp³-hybridized carbons (Fsp3) is 0.800. The second kappa shape index (κ2) is 7.40. The number of alkyl carbamates (subject to hydrolysis) is 1. The molecule has 1 fully saturated rings. The standard InChI is InChI=1S/C15H26N2O2/c1-5-11-16-12-9-7-6-8-10-13(12)17-14(18)19-15(2,3)4/h1,12-13,16H,6-11H2,2-4H3,(H,17,18). The van der Waals surface area contributed by atoms with Crippen LogP contribution < -0.4 is 10.6 Å². The summed E-state index contributed by atoms with van der Waals surface area (Å²) < 4.78 is 5.32. The molecule has 2 unspecified atom stereocenters. The van der Waals surface area contributed by atoms with Crippen molar-refractivity contribution in [3.63, 3.8) is 0 Å². The zero-order chi connectivity index (χ0) is 14.3. The molecule has 0 heterocycles. The third-order valence-electron chi connectivity index (χ3n) is 3.18. The Kier molecular flexibility index (Phi) is 6.17. The zero-order valence-corrected chi connectivity index (χ0v) is 12.3. The van der Waals surface area contributed by atoms with Crippen molar-refractivity contribution in [3.05, 3.63) is 0 Å². The van der Waals surface area contributed by atoms with E-state index < -0.39 is 5.60 Å². The van der Waals surface area contributed by atoms with Gasteiger partial charge in [0, 0.05) is 12.1 Å². The molecule has 1 amide bonds. The maximum Gasteiger partial charge on any atom is 0.407 e. The average molecular weight is 266 g/mol. The van der Waals surface area contributed by atoms with E-state index in [0.717, 1.165) is 19.3 Å². The summed E-state index contributed by atoms with van der Waals surface area (Å²) in [6.07, 6.45) is 10.5. The molecular weight excluding hydrogens is 240 g/mol. The molecule has 0 saturated heterocycles. The third kappa shape index (κ3) is 6.49. The quantitative estimate of drug-likeness (QED) is 0.609. The van der Waals surface area contributed by atoms with Crippen LogP contribution in [0.1, 0.15) is 52.9 Å². The van der Waals surface area contributed by atoms with Gasteiger partial charge >= 0.3 is 6.09 Å². The number of hydrogen-bond donors (Lipinski definition) is 2. The van der Waals surface area contributed by atoms with Gasteiger partial charge in [-0.05, 0) is 33.6 Å². The number of nitrogens with one attached hydrogen (secondary N) is 2. The molecule has 1 aliphatic rings. The van der Waals surface area contributed by atoms with Gasteiger partial charge in [0.2, 0.25) is 0 Å². The van der Waals surface area contributed by atoms with Crippen LogP contribution in [0.3, 0.4) is 0 Å². The summed E-state index contributed by atoms with van der Waals surface area (Å²) in [4.78, 5) is 11.9. The van der Waals surface area contributed by atoms with Crippen LogP contribution in [-0.4, -0.2) is 30.3 Å². The Morgan fingerprint density at radius 3 is 2.47 bits per heavy atom. The Morgan fingerprint density at radius 2 is 1.89 bits per heavy atom. The maximum absolute atomic E-state index is 11.9. The topological polar surface area (TPSA) is 50.4 Å². The Balaban J connectivity index is 2.54. The fourth-order valence-electron chi connectivity index (χ4n) is 2.37. The van der Waals surface area contributed by atoms with Crippen molar-refractivity contribution >= 4 is 6.09 Å². The number of rotatable bonds is 3. The largest absolute Gasteiger partial charge is 0.444 e. The number of ether oxygens (including phenoxy) is 1. The van der Waals surface area contributed by atoms with Crippen LogP contribution in [0.5, 0.6) is 0 Å². The van der Waals surface area contributed by atoms with Crippen LogP contribution in [0.25, 0.3) is 0 Å². The van der Waals surface area contributed by atoms with Crippen molar-refractivity contribution in [2.24, 2.45) is 0 Å². The van der Waals surface area contributed by atoms with Crippen LogP contribution in [0, 0.1) is 12.3 Å². The van der Waals surface area contributed by atoms with Gasteiger partial charge in [0.1, 0.15) is 5.60 Å². The molecule has 0 aromatic carbocycles. The molecule has 0 radical (unpaired) electrons. The van der Waals surface area contributed by atoms with Crippen LogP contribution >= 0.6 is 0 Å². The third-order valence-corrected chi connectivity index (χ3v) is 3.18. The van der Waals surface area contributed by atoms with Gasteiger partial charge in [-0.15, -0.1) is 6.42 Å². The van der Waals surface area contributed by atoms with Crippen LogP contribution in [0.4, 0.5) is 4.79 Å². The predicted octanol–water partition coefficient (Wildman–Crippen LogP) is 2.44. The summed E-state index contributed by atoms with van der Waals surface area (Å²) in [5.41, 5.74) is -0.462. The molecule has 0 aromatic heterocycles. The number of terminal acetylenes is 1. The Bertz CT molecular complexity index is 328. The van der Waals surface area contributed by atoms with Gasteiger partial charge in [-0.1, -0.05) is 25.2 Å². The lowest BCUT2D eigenvalue weighted by molar-refractivity contribution is 0.0490. The van der Waals surface area contributed by atoms with Gasteiger partial charge in [-0.2, -0.15) is 0 Å². The monoisotopic (exact) mass is 266 g/mol. The van der Waals surface area contributed by atoms with E-state index >= 15 is 0 Å². The average Bonchev–Trinajstić information content (AvgIpc) is 2.49. The van der Waals surface area contributed by atoms with E-state index in [-0.39, 0.29) is 18.2 Å². The van der Waals surface area contributed by atoms with E-state index in [2.05, 4.69) is 16.6 Å². The lowest BCUT2D eigenvalue weighted by atomic mass is 10.0. The summed E-state index contributed by atoms with van der Waals surface area (Å²) in [6, 6.07) is 0.344. The fourth-order valence-corrected chi connectivity index (χ4v) is 2.37. The van der Waals surface area contributed by atoms with Crippen molar-refractivity contribution < 1.29 is 9.53 Å². The minimum absolute atomic E-state index is 0.102. The highest BCUT2D eigenvalue weighted by molar-refractivity contribution is 5.68. The summed E-state index contributed by atoms with van der Waals surface area (Å²) in [5, 5.41) is 6.31. The number of amides is 1. The highest BCUT2D eigenvalue weighted by atomic mass is 16.6. The molecule has 1 aliphatic carbocycles. The Morgan fingerprint density at radius 1 is 1.26 bits per heavy atom. The van der Waals surface area contributed by atoms with E-state index in [1.807, 2.05) is 20.8 Å². The maximum atomic E-state index is 11.9. The minimum Gasteiger partial charge on any atom is -0.444 e. The van der Waals surface area contributed by atoms with Crippen LogP contribution in [-0.2, 0) is 4.74 Å². The van der Waals surface area contributed by atoms with Crippen molar-refractivity contribution in [3.8, 4) is 12.3 Å². The van der Waals surface area contributed by atoms with Gasteiger partial charge in [0.15, 0.2) is 0 Å². The molecule has 0 aliphatic heterocycles. The number of hydrogen-bond acceptors (Lipinski definition) is 3. The van der Waals surface area contributed by atoms with Gasteiger partial charge in [-0.25, -0.2) is 4.79 Å². The van der Waals surface area contributed by atoms with Gasteiger partial charge in [0.05, 0.1) is 6.54 Å². The van der Waals surface area contributed by atoms with E-state index in [0.29, 0.717) is 6.54 Å². The molecule has 0 bridgehead atoms. The van der Waals surface area contributed by atoms with Gasteiger partial charge in [0.25, 0.3) is 0 Å². The molecule has 0 aromatic rings. The molecule has 108 valence electrons. The van der Waals surface area contributed by atoms with Crippen LogP contribution in [0.2, 0.25) is 0 Å². The first kappa shape index (κ1) is 15.8. The molecule has 1 saturated carbocycles. The second-order valence-corrected chi connectivity index (χ2v) is 6.08. The van der Waals surface area contributed by atoms with E-state index in [4.69, 9.17) is 11.2 Å². The zero-order valence-electron chi connectivity index (χ0n) is 12.3. The molecule has 2 atom stereocenters. The summed E-state index contributed by atoms with van der Waals surface area (Å²) >= 11 is 0. The van der Waals surface area contributed by atoms with E-state index in [9.17, 15) is 4.79 Å². The summed E-state index contributed by atoms with van der Waals surface area (Å²) in [7, 11) is 0. The minimum atomic E-state index is -0.462. The normalized spacial score (nSPS) is 24.1. The van der Waals surface area contributed by atoms with Crippen molar-refractivity contribution in [2.45, 2.75) is 70.6 Å². The lowest BCUT2D eigenvalue weighted by Crippen LogP contribution is -2.50. The molecule has 4 nitrogen and oxygen atoms in total. The SMILES string of the molecule is C#CCNC1CCCCCC1NC(=O)OC(C)(C)C. The molecule has 19 heavy (non-hydrogen) atoms. The number of carbonyl (C=O) groups is 1. The van der Waals surface area contributed by atoms with Gasteiger partial charge in [-0.3, -0.25) is 0 Å². The Hall–Kier alpha value is -1.21. The first-order valence-corrected chi connectivity index (χ1v) is 7.09. The molecule has 1 rings (SSSR count). The van der Waals surface area contributed by atoms with Crippen LogP contribution in [0.15, 0.2) is 0 Å². The molecule has 2 N–H and O–H groups in total. The smallest absolute Gasteiger partial charge is 0.407 e. The lowest BCUT2D eigenvalue weighted by Gasteiger charge is -2.28. The Labute approximate surface area is 116 Å². The molecule has 0 spiro atoms. The van der Waals surface area contributed by atoms with E-state index in [1.54, 1.807) is 0 Å². The predicted molar refractivity (Wildman–Crippen MR) is 76.9 cm³/mol. The summed E-state index contributed by atoms with van der Waals surface area (Å²) in [6.45, 7) is 6.15. The molecule has 4 heteroatoms. The second-order valence-electron chi connectivity index (χ2n) is 6.08. The van der Waals surface area contributed by atoms with Crippen molar-refractivity contribution in [1.82, 2.24) is 10.6 Å². The first-order chi connectivity index (χ1) is 8.92. The van der Waals surface area contributed by atoms with Crippen molar-refractivity contribution in [1.29, 1.82) is 0 Å².